The fourth-order valence-electron chi connectivity index (χ4n) is 3.20. The maximum atomic E-state index is 5.94. The molecule has 0 aliphatic heterocycles. The van der Waals surface area contributed by atoms with Crippen LogP contribution in [0, 0.1) is 5.92 Å². The molecule has 1 aliphatic rings. The average Bonchev–Trinajstić information content (AvgIpc) is 2.41. The third kappa shape index (κ3) is 4.02. The summed E-state index contributed by atoms with van der Waals surface area (Å²) in [4.78, 5) is 0. The summed E-state index contributed by atoms with van der Waals surface area (Å²) < 4.78 is 0. The van der Waals surface area contributed by atoms with Crippen molar-refractivity contribution in [2.45, 2.75) is 64.2 Å². The maximum Gasteiger partial charge on any atom is 0.0406 e. The van der Waals surface area contributed by atoms with E-state index in [-0.39, 0.29) is 0 Å². The van der Waals surface area contributed by atoms with Gasteiger partial charge in [-0.2, -0.15) is 0 Å². The molecule has 0 heterocycles. The van der Waals surface area contributed by atoms with Gasteiger partial charge in [0.1, 0.15) is 0 Å². The fraction of sp³-hybridized carbons (Fsp3) is 0.647. The summed E-state index contributed by atoms with van der Waals surface area (Å²) in [7, 11) is 0. The Hall–Kier alpha value is -0.490. The largest absolute Gasteiger partial charge is 0.0843 e. The van der Waals surface area contributed by atoms with E-state index in [0.29, 0.717) is 0 Å². The van der Waals surface area contributed by atoms with Crippen molar-refractivity contribution < 1.29 is 0 Å². The Balaban J connectivity index is 1.77. The molecule has 0 N–H and O–H groups in total. The Morgan fingerprint density at radius 2 is 1.67 bits per heavy atom. The van der Waals surface area contributed by atoms with E-state index in [2.05, 4.69) is 19.1 Å². The van der Waals surface area contributed by atoms with Crippen LogP contribution in [-0.4, -0.2) is 0 Å². The molecule has 100 valence electrons. The molecule has 0 atom stereocenters. The first-order chi connectivity index (χ1) is 8.79. The number of rotatable bonds is 5. The maximum absolute atomic E-state index is 5.94. The molecular formula is C17H25Cl. The molecule has 2 rings (SSSR count). The summed E-state index contributed by atoms with van der Waals surface area (Å²) in [6, 6.07) is 8.49. The normalized spacial score (nSPS) is 24.1. The molecule has 0 nitrogen and oxygen atoms in total. The molecule has 0 amide bonds. The van der Waals surface area contributed by atoms with Crippen molar-refractivity contribution in [1.29, 1.82) is 0 Å². The van der Waals surface area contributed by atoms with Gasteiger partial charge in [-0.05, 0) is 55.2 Å². The summed E-state index contributed by atoms with van der Waals surface area (Å²) in [5.41, 5.74) is 1.49. The Bertz CT molecular complexity index is 333. The second-order valence-electron chi connectivity index (χ2n) is 5.76. The van der Waals surface area contributed by atoms with Gasteiger partial charge in [0.05, 0.1) is 0 Å². The average molecular weight is 265 g/mol. The highest BCUT2D eigenvalue weighted by Gasteiger charge is 2.21. The number of hydrogen-bond donors (Lipinski definition) is 0. The highest BCUT2D eigenvalue weighted by Crippen LogP contribution is 2.37. The lowest BCUT2D eigenvalue weighted by Crippen LogP contribution is -2.13. The summed E-state index contributed by atoms with van der Waals surface area (Å²) in [5, 5.41) is 0.854. The Morgan fingerprint density at radius 3 is 2.28 bits per heavy atom. The molecule has 18 heavy (non-hydrogen) atoms. The monoisotopic (exact) mass is 264 g/mol. The minimum atomic E-state index is 0.782. The molecule has 0 spiro atoms. The minimum absolute atomic E-state index is 0.782. The van der Waals surface area contributed by atoms with Crippen LogP contribution in [0.4, 0.5) is 0 Å². The van der Waals surface area contributed by atoms with Gasteiger partial charge in [0.2, 0.25) is 0 Å². The smallest absolute Gasteiger partial charge is 0.0406 e. The van der Waals surface area contributed by atoms with Crippen LogP contribution in [-0.2, 0) is 0 Å². The molecule has 0 saturated heterocycles. The van der Waals surface area contributed by atoms with E-state index in [1.165, 1.54) is 56.9 Å². The van der Waals surface area contributed by atoms with Crippen LogP contribution in [0.2, 0.25) is 5.02 Å². The third-order valence-electron chi connectivity index (χ3n) is 4.40. The highest BCUT2D eigenvalue weighted by molar-refractivity contribution is 6.30. The van der Waals surface area contributed by atoms with Gasteiger partial charge in [-0.3, -0.25) is 0 Å². The lowest BCUT2D eigenvalue weighted by Gasteiger charge is -2.28. The van der Waals surface area contributed by atoms with E-state index < -0.39 is 0 Å². The Kier molecular flexibility index (Phi) is 5.56. The summed E-state index contributed by atoms with van der Waals surface area (Å²) >= 11 is 5.94. The van der Waals surface area contributed by atoms with Crippen molar-refractivity contribution >= 4 is 11.6 Å². The second kappa shape index (κ2) is 7.19. The van der Waals surface area contributed by atoms with Gasteiger partial charge < -0.3 is 0 Å². The molecule has 1 fully saturated rings. The number of halogens is 1. The van der Waals surface area contributed by atoms with Crippen molar-refractivity contribution in [1.82, 2.24) is 0 Å². The van der Waals surface area contributed by atoms with Crippen LogP contribution in [0.3, 0.4) is 0 Å². The summed E-state index contributed by atoms with van der Waals surface area (Å²) in [5.74, 6) is 1.78. The van der Waals surface area contributed by atoms with E-state index in [0.717, 1.165) is 16.9 Å². The topological polar surface area (TPSA) is 0 Å². The van der Waals surface area contributed by atoms with Gasteiger partial charge >= 0.3 is 0 Å². The summed E-state index contributed by atoms with van der Waals surface area (Å²) in [6.45, 7) is 2.29. The predicted octanol–water partition coefficient (Wildman–Crippen LogP) is 6.19. The molecule has 0 unspecified atom stereocenters. The van der Waals surface area contributed by atoms with Crippen molar-refractivity contribution in [3.8, 4) is 0 Å². The molecule has 0 bridgehead atoms. The number of unbranched alkanes of at least 4 members (excludes halogenated alkanes) is 2. The van der Waals surface area contributed by atoms with Crippen molar-refractivity contribution in [2.75, 3.05) is 0 Å². The molecule has 0 radical (unpaired) electrons. The van der Waals surface area contributed by atoms with Crippen LogP contribution in [0.1, 0.15) is 69.8 Å². The lowest BCUT2D eigenvalue weighted by molar-refractivity contribution is 0.303. The van der Waals surface area contributed by atoms with E-state index in [4.69, 9.17) is 11.6 Å². The van der Waals surface area contributed by atoms with Crippen LogP contribution in [0.25, 0.3) is 0 Å². The fourth-order valence-corrected chi connectivity index (χ4v) is 3.33. The first-order valence-electron chi connectivity index (χ1n) is 7.55. The first kappa shape index (κ1) is 13.9. The van der Waals surface area contributed by atoms with Gasteiger partial charge in [0.25, 0.3) is 0 Å². The minimum Gasteiger partial charge on any atom is -0.0843 e. The zero-order valence-electron chi connectivity index (χ0n) is 11.5. The summed E-state index contributed by atoms with van der Waals surface area (Å²) in [6.07, 6.45) is 11.3. The Labute approximate surface area is 117 Å². The quantitative estimate of drug-likeness (QED) is 0.556. The third-order valence-corrected chi connectivity index (χ3v) is 4.66. The molecule has 1 aromatic carbocycles. The van der Waals surface area contributed by atoms with Crippen molar-refractivity contribution in [3.63, 3.8) is 0 Å². The van der Waals surface area contributed by atoms with Gasteiger partial charge in [-0.25, -0.2) is 0 Å². The molecule has 1 saturated carbocycles. The van der Waals surface area contributed by atoms with E-state index in [1.54, 1.807) is 0 Å². The lowest BCUT2D eigenvalue weighted by atomic mass is 9.77. The number of hydrogen-bond acceptors (Lipinski definition) is 0. The highest BCUT2D eigenvalue weighted by atomic mass is 35.5. The van der Waals surface area contributed by atoms with E-state index in [1.807, 2.05) is 12.1 Å². The van der Waals surface area contributed by atoms with Crippen molar-refractivity contribution in [3.05, 3.63) is 34.9 Å². The van der Waals surface area contributed by atoms with Crippen molar-refractivity contribution in [2.24, 2.45) is 5.92 Å². The van der Waals surface area contributed by atoms with Gasteiger partial charge in [-0.1, -0.05) is 56.3 Å². The van der Waals surface area contributed by atoms with Crippen LogP contribution in [0.15, 0.2) is 24.3 Å². The van der Waals surface area contributed by atoms with E-state index >= 15 is 0 Å². The molecule has 1 heteroatoms. The van der Waals surface area contributed by atoms with E-state index in [9.17, 15) is 0 Å². The zero-order valence-corrected chi connectivity index (χ0v) is 12.3. The first-order valence-corrected chi connectivity index (χ1v) is 7.93. The molecular weight excluding hydrogens is 240 g/mol. The van der Waals surface area contributed by atoms with Crippen LogP contribution < -0.4 is 0 Å². The molecule has 0 aromatic heterocycles. The van der Waals surface area contributed by atoms with Gasteiger partial charge in [-0.15, -0.1) is 0 Å². The zero-order chi connectivity index (χ0) is 12.8. The number of benzene rings is 1. The van der Waals surface area contributed by atoms with Gasteiger partial charge in [0, 0.05) is 5.02 Å². The molecule has 1 aromatic rings. The van der Waals surface area contributed by atoms with Crippen LogP contribution >= 0.6 is 11.6 Å². The van der Waals surface area contributed by atoms with Gasteiger partial charge in [0.15, 0.2) is 0 Å². The second-order valence-corrected chi connectivity index (χ2v) is 6.20. The predicted molar refractivity (Wildman–Crippen MR) is 80.3 cm³/mol. The SMILES string of the molecule is CCCCCC1CCC(c2ccc(Cl)cc2)CC1. The standard InChI is InChI=1S/C17H25Cl/c1-2-3-4-5-14-6-8-15(9-7-14)16-10-12-17(18)13-11-16/h10-15H,2-9H2,1H3. The Morgan fingerprint density at radius 1 is 1.00 bits per heavy atom. The molecule has 1 aliphatic carbocycles. The van der Waals surface area contributed by atoms with Crippen LogP contribution in [0.5, 0.6) is 0 Å².